The maximum Gasteiger partial charge on any atom is 0.164 e. The van der Waals surface area contributed by atoms with Gasteiger partial charge in [-0.25, -0.2) is 15.0 Å². The fraction of sp³-hybridized carbons (Fsp3) is 0.0556. The zero-order chi connectivity index (χ0) is 39.4. The van der Waals surface area contributed by atoms with Gasteiger partial charge in [-0.3, -0.25) is 0 Å². The quantitative estimate of drug-likeness (QED) is 0.146. The molecule has 1 aliphatic rings. The number of rotatable bonds is 8. The van der Waals surface area contributed by atoms with Gasteiger partial charge in [0.1, 0.15) is 0 Å². The molecular weight excluding hydrogens is 705 g/mol. The lowest BCUT2D eigenvalue weighted by molar-refractivity contribution is 0.661. The molecule has 0 fully saturated rings. The molecule has 4 nitrogen and oxygen atoms in total. The first-order valence-electron chi connectivity index (χ1n) is 19.7. The Bertz CT molecular complexity index is 3050. The molecule has 0 radical (unpaired) electrons. The Kier molecular flexibility index (Phi) is 8.42. The minimum absolute atomic E-state index is 0.124. The van der Waals surface area contributed by atoms with E-state index in [-0.39, 0.29) is 5.41 Å². The van der Waals surface area contributed by atoms with Crippen LogP contribution in [-0.2, 0) is 5.41 Å². The summed E-state index contributed by atoms with van der Waals surface area (Å²) in [5, 5.41) is 2.45. The monoisotopic (exact) mass is 744 g/mol. The molecule has 0 amide bonds. The average Bonchev–Trinajstić information content (AvgIpc) is 3.72. The molecular formula is C54H40N4. The molecule has 0 bridgehead atoms. The van der Waals surface area contributed by atoms with Gasteiger partial charge in [-0.2, -0.15) is 0 Å². The number of aromatic nitrogens is 4. The van der Waals surface area contributed by atoms with Gasteiger partial charge in [-0.1, -0.05) is 160 Å². The van der Waals surface area contributed by atoms with Crippen LogP contribution in [0, 0.1) is 0 Å². The van der Waals surface area contributed by atoms with Crippen molar-refractivity contribution in [2.24, 2.45) is 0 Å². The van der Waals surface area contributed by atoms with Crippen molar-refractivity contribution in [3.8, 4) is 61.8 Å². The van der Waals surface area contributed by atoms with Crippen LogP contribution in [0.5, 0.6) is 0 Å². The van der Waals surface area contributed by atoms with E-state index in [1.54, 1.807) is 12.2 Å². The van der Waals surface area contributed by atoms with Gasteiger partial charge in [-0.05, 0) is 93.0 Å². The fourth-order valence-electron chi connectivity index (χ4n) is 8.70. The highest BCUT2D eigenvalue weighted by atomic mass is 15.0. The third kappa shape index (κ3) is 5.81. The first-order valence-corrected chi connectivity index (χ1v) is 19.7. The van der Waals surface area contributed by atoms with Crippen molar-refractivity contribution in [2.45, 2.75) is 19.3 Å². The van der Waals surface area contributed by atoms with Gasteiger partial charge in [0.15, 0.2) is 17.5 Å². The number of para-hydroxylation sites is 1. The summed E-state index contributed by atoms with van der Waals surface area (Å²) in [7, 11) is 0. The van der Waals surface area contributed by atoms with Crippen molar-refractivity contribution in [2.75, 3.05) is 0 Å². The Hall–Kier alpha value is -7.43. The molecule has 2 aromatic heterocycles. The smallest absolute Gasteiger partial charge is 0.164 e. The van der Waals surface area contributed by atoms with E-state index in [0.29, 0.717) is 17.5 Å². The predicted molar refractivity (Wildman–Crippen MR) is 242 cm³/mol. The highest BCUT2D eigenvalue weighted by molar-refractivity contribution is 6.11. The maximum atomic E-state index is 5.24. The molecule has 276 valence electrons. The predicted octanol–water partition coefficient (Wildman–Crippen LogP) is 13.7. The summed E-state index contributed by atoms with van der Waals surface area (Å²) in [6.45, 7) is 12.7. The summed E-state index contributed by atoms with van der Waals surface area (Å²) in [5.74, 6) is 1.68. The van der Waals surface area contributed by atoms with E-state index in [4.69, 9.17) is 15.0 Å². The molecule has 10 rings (SSSR count). The largest absolute Gasteiger partial charge is 0.309 e. The fourth-order valence-corrected chi connectivity index (χ4v) is 8.70. The summed E-state index contributed by atoms with van der Waals surface area (Å²) in [6, 6.07) is 58.3. The van der Waals surface area contributed by atoms with Crippen LogP contribution in [0.25, 0.3) is 89.2 Å². The van der Waals surface area contributed by atoms with E-state index >= 15 is 0 Å². The molecule has 58 heavy (non-hydrogen) atoms. The lowest BCUT2D eigenvalue weighted by atomic mass is 9.82. The van der Waals surface area contributed by atoms with Gasteiger partial charge in [0.2, 0.25) is 0 Å². The van der Waals surface area contributed by atoms with Crippen LogP contribution in [0.4, 0.5) is 0 Å². The number of fused-ring (bicyclic) bond motifs is 6. The summed E-state index contributed by atoms with van der Waals surface area (Å²) >= 11 is 0. The second-order valence-corrected chi connectivity index (χ2v) is 15.4. The van der Waals surface area contributed by atoms with Crippen molar-refractivity contribution in [1.82, 2.24) is 19.5 Å². The van der Waals surface area contributed by atoms with Crippen molar-refractivity contribution in [3.05, 3.63) is 212 Å². The second kappa shape index (κ2) is 13.9. The summed E-state index contributed by atoms with van der Waals surface area (Å²) < 4.78 is 2.39. The summed E-state index contributed by atoms with van der Waals surface area (Å²) in [4.78, 5) is 15.4. The van der Waals surface area contributed by atoms with E-state index in [1.807, 2.05) is 18.2 Å². The van der Waals surface area contributed by atoms with Gasteiger partial charge in [0, 0.05) is 38.6 Å². The minimum atomic E-state index is -0.124. The lowest BCUT2D eigenvalue weighted by Crippen LogP contribution is -2.14. The first-order chi connectivity index (χ1) is 28.4. The highest BCUT2D eigenvalue weighted by Crippen LogP contribution is 2.51. The van der Waals surface area contributed by atoms with Crippen LogP contribution in [0.3, 0.4) is 0 Å². The molecule has 0 atom stereocenters. The highest BCUT2D eigenvalue weighted by Gasteiger charge is 2.36. The molecule has 0 spiro atoms. The normalized spacial score (nSPS) is 13.0. The van der Waals surface area contributed by atoms with Gasteiger partial charge < -0.3 is 4.57 Å². The van der Waals surface area contributed by atoms with Crippen LogP contribution >= 0.6 is 0 Å². The number of benzene rings is 7. The number of nitrogens with zero attached hydrogens (tertiary/aromatic N) is 4. The van der Waals surface area contributed by atoms with Crippen molar-refractivity contribution >= 4 is 27.4 Å². The molecule has 9 aromatic rings. The molecule has 2 heterocycles. The lowest BCUT2D eigenvalue weighted by Gasteiger charge is -2.21. The van der Waals surface area contributed by atoms with Crippen molar-refractivity contribution in [1.29, 1.82) is 0 Å². The second-order valence-electron chi connectivity index (χ2n) is 15.4. The van der Waals surface area contributed by atoms with Gasteiger partial charge >= 0.3 is 0 Å². The molecule has 0 unspecified atom stereocenters. The Balaban J connectivity index is 1.17. The van der Waals surface area contributed by atoms with E-state index in [9.17, 15) is 0 Å². The summed E-state index contributed by atoms with van der Waals surface area (Å²) in [5.41, 5.74) is 15.5. The molecule has 0 aliphatic heterocycles. The van der Waals surface area contributed by atoms with Crippen LogP contribution in [0.15, 0.2) is 195 Å². The van der Waals surface area contributed by atoms with Crippen LogP contribution in [0.2, 0.25) is 0 Å². The molecule has 0 saturated heterocycles. The third-order valence-corrected chi connectivity index (χ3v) is 11.6. The van der Waals surface area contributed by atoms with E-state index in [2.05, 4.69) is 183 Å². The van der Waals surface area contributed by atoms with Crippen LogP contribution in [-0.4, -0.2) is 19.5 Å². The minimum Gasteiger partial charge on any atom is -0.309 e. The Labute approximate surface area is 338 Å². The number of hydrogen-bond donors (Lipinski definition) is 0. The standard InChI is InChI=1S/C54H40N4/c1-5-18-35(6-2)51-55-52(57-53(56-51)41-30-39(36-19-9-7-10-20-36)29-40(31-41)37-21-11-8-12-22-37)38-23-17-24-42(32-38)58-49-28-16-14-26-44(49)46-33-45-43-25-13-15-27-47(43)54(3,4)48(45)34-50(46)58/h5-34H,1-2H2,3-4H3/b35-18+. The van der Waals surface area contributed by atoms with Crippen LogP contribution in [0.1, 0.15) is 30.8 Å². The van der Waals surface area contributed by atoms with Gasteiger partial charge in [0.25, 0.3) is 0 Å². The zero-order valence-electron chi connectivity index (χ0n) is 32.5. The Morgan fingerprint density at radius 3 is 1.83 bits per heavy atom. The number of hydrogen-bond acceptors (Lipinski definition) is 3. The average molecular weight is 745 g/mol. The van der Waals surface area contributed by atoms with Crippen molar-refractivity contribution < 1.29 is 0 Å². The molecule has 4 heteroatoms. The topological polar surface area (TPSA) is 43.6 Å². The third-order valence-electron chi connectivity index (χ3n) is 11.6. The molecule has 1 aliphatic carbocycles. The van der Waals surface area contributed by atoms with Crippen LogP contribution < -0.4 is 0 Å². The Morgan fingerprint density at radius 2 is 1.12 bits per heavy atom. The zero-order valence-corrected chi connectivity index (χ0v) is 32.5. The number of allylic oxidation sites excluding steroid dienone is 4. The van der Waals surface area contributed by atoms with Crippen molar-refractivity contribution in [3.63, 3.8) is 0 Å². The summed E-state index contributed by atoms with van der Waals surface area (Å²) in [6.07, 6.45) is 5.40. The molecule has 0 saturated carbocycles. The molecule has 7 aromatic carbocycles. The Morgan fingerprint density at radius 1 is 0.500 bits per heavy atom. The van der Waals surface area contributed by atoms with Gasteiger partial charge in [0.05, 0.1) is 11.0 Å². The SMILES string of the molecule is C=C/C=C(\C=C)c1nc(-c2cc(-c3ccccc3)cc(-c3ccccc3)c2)nc(-c2cccc(-n3c4ccccc4c4cc5c(cc43)C(C)(C)c3ccccc3-5)c2)n1. The maximum absolute atomic E-state index is 5.24. The first kappa shape index (κ1) is 35.0. The van der Waals surface area contributed by atoms with E-state index < -0.39 is 0 Å². The van der Waals surface area contributed by atoms with E-state index in [1.165, 1.54) is 38.5 Å². The van der Waals surface area contributed by atoms with Gasteiger partial charge in [-0.15, -0.1) is 0 Å². The molecule has 0 N–H and O–H groups in total. The van der Waals surface area contributed by atoms with E-state index in [0.717, 1.165) is 50.2 Å².